The van der Waals surface area contributed by atoms with Crippen LogP contribution in [0.1, 0.15) is 24.6 Å². The molecule has 0 radical (unpaired) electrons. The second-order valence-corrected chi connectivity index (χ2v) is 4.06. The quantitative estimate of drug-likeness (QED) is 0.833. The summed E-state index contributed by atoms with van der Waals surface area (Å²) in [6.07, 6.45) is 4.41. The van der Waals surface area contributed by atoms with E-state index in [9.17, 15) is 0 Å². The maximum absolute atomic E-state index is 6.00. The molecule has 5 nitrogen and oxygen atoms in total. The van der Waals surface area contributed by atoms with Crippen LogP contribution in [0.25, 0.3) is 0 Å². The topological polar surface area (TPSA) is 69.0 Å². The van der Waals surface area contributed by atoms with Crippen molar-refractivity contribution in [3.63, 3.8) is 0 Å². The molecule has 0 saturated carbocycles. The predicted molar refractivity (Wildman–Crippen MR) is 67.7 cm³/mol. The van der Waals surface area contributed by atoms with Gasteiger partial charge in [0.1, 0.15) is 5.82 Å². The van der Waals surface area contributed by atoms with Crippen molar-refractivity contribution >= 4 is 11.5 Å². The normalized spacial score (nSPS) is 10.7. The lowest BCUT2D eigenvalue weighted by molar-refractivity contribution is 0.564. The van der Waals surface area contributed by atoms with E-state index in [1.54, 1.807) is 12.5 Å². The Hall–Kier alpha value is -1.91. The maximum Gasteiger partial charge on any atom is 0.148 e. The summed E-state index contributed by atoms with van der Waals surface area (Å²) in [6.45, 7) is 5.60. The molecule has 0 amide bonds. The second-order valence-electron chi connectivity index (χ2n) is 4.06. The standard InChI is InChI=1S/C12H18N4O/c1-3-5-16-12(11(13)9(2)15-16)14-7-10-4-6-17-8-10/h4,6,8,14H,3,5,7,13H2,1-2H3. The van der Waals surface area contributed by atoms with E-state index in [4.69, 9.17) is 10.2 Å². The van der Waals surface area contributed by atoms with Crippen molar-refractivity contribution < 1.29 is 4.42 Å². The van der Waals surface area contributed by atoms with Gasteiger partial charge < -0.3 is 15.5 Å². The van der Waals surface area contributed by atoms with Gasteiger partial charge in [-0.3, -0.25) is 0 Å². The minimum absolute atomic E-state index is 0.690. The molecule has 0 aliphatic rings. The fourth-order valence-electron chi connectivity index (χ4n) is 1.73. The lowest BCUT2D eigenvalue weighted by Gasteiger charge is -2.08. The molecule has 17 heavy (non-hydrogen) atoms. The first-order valence-corrected chi connectivity index (χ1v) is 5.80. The van der Waals surface area contributed by atoms with Crippen LogP contribution in [-0.2, 0) is 13.1 Å². The van der Waals surface area contributed by atoms with E-state index in [1.165, 1.54) is 0 Å². The number of nitrogens with zero attached hydrogens (tertiary/aromatic N) is 2. The number of nitrogens with two attached hydrogens (primary N) is 1. The summed E-state index contributed by atoms with van der Waals surface area (Å²) >= 11 is 0. The molecule has 3 N–H and O–H groups in total. The van der Waals surface area contributed by atoms with Gasteiger partial charge in [-0.05, 0) is 19.4 Å². The van der Waals surface area contributed by atoms with Gasteiger partial charge in [-0.2, -0.15) is 5.10 Å². The number of hydrogen-bond acceptors (Lipinski definition) is 4. The largest absolute Gasteiger partial charge is 0.472 e. The zero-order valence-electron chi connectivity index (χ0n) is 10.2. The van der Waals surface area contributed by atoms with Crippen LogP contribution in [0.4, 0.5) is 11.5 Å². The zero-order chi connectivity index (χ0) is 12.3. The van der Waals surface area contributed by atoms with Crippen LogP contribution >= 0.6 is 0 Å². The summed E-state index contributed by atoms with van der Waals surface area (Å²) in [5, 5.41) is 7.71. The van der Waals surface area contributed by atoms with E-state index in [-0.39, 0.29) is 0 Å². The first-order valence-electron chi connectivity index (χ1n) is 5.80. The average molecular weight is 234 g/mol. The molecule has 2 rings (SSSR count). The number of hydrogen-bond donors (Lipinski definition) is 2. The fourth-order valence-corrected chi connectivity index (χ4v) is 1.73. The number of anilines is 2. The van der Waals surface area contributed by atoms with E-state index >= 15 is 0 Å². The molecule has 0 unspecified atom stereocenters. The third kappa shape index (κ3) is 2.43. The molecular weight excluding hydrogens is 216 g/mol. The summed E-state index contributed by atoms with van der Waals surface area (Å²) in [5.41, 5.74) is 8.69. The van der Waals surface area contributed by atoms with Gasteiger partial charge in [0, 0.05) is 18.7 Å². The molecule has 0 spiro atoms. The molecule has 0 fully saturated rings. The smallest absolute Gasteiger partial charge is 0.148 e. The molecule has 0 saturated heterocycles. The highest BCUT2D eigenvalue weighted by atomic mass is 16.3. The van der Waals surface area contributed by atoms with Crippen molar-refractivity contribution in [2.75, 3.05) is 11.1 Å². The minimum Gasteiger partial charge on any atom is -0.472 e. The maximum atomic E-state index is 6.00. The van der Waals surface area contributed by atoms with Crippen molar-refractivity contribution in [1.82, 2.24) is 9.78 Å². The number of rotatable bonds is 5. The van der Waals surface area contributed by atoms with Crippen LogP contribution < -0.4 is 11.1 Å². The third-order valence-electron chi connectivity index (χ3n) is 2.65. The van der Waals surface area contributed by atoms with Gasteiger partial charge in [0.25, 0.3) is 0 Å². The minimum atomic E-state index is 0.690. The highest BCUT2D eigenvalue weighted by Gasteiger charge is 2.11. The third-order valence-corrected chi connectivity index (χ3v) is 2.65. The Bertz CT molecular complexity index is 473. The number of nitrogen functional groups attached to an aromatic ring is 1. The Labute approximate surface area is 101 Å². The first kappa shape index (κ1) is 11.6. The summed E-state index contributed by atoms with van der Waals surface area (Å²) in [4.78, 5) is 0. The Morgan fingerprint density at radius 1 is 1.53 bits per heavy atom. The molecule has 2 aromatic rings. The number of nitrogens with one attached hydrogen (secondary N) is 1. The monoisotopic (exact) mass is 234 g/mol. The van der Waals surface area contributed by atoms with Crippen LogP contribution in [0.3, 0.4) is 0 Å². The lowest BCUT2D eigenvalue weighted by atomic mass is 10.3. The highest BCUT2D eigenvalue weighted by Crippen LogP contribution is 2.23. The van der Waals surface area contributed by atoms with Gasteiger partial charge in [-0.15, -0.1) is 0 Å². The molecule has 0 bridgehead atoms. The average Bonchev–Trinajstić information content (AvgIpc) is 2.89. The predicted octanol–water partition coefficient (Wildman–Crippen LogP) is 2.39. The van der Waals surface area contributed by atoms with Crippen molar-refractivity contribution in [3.05, 3.63) is 29.9 Å². The van der Waals surface area contributed by atoms with E-state index in [1.807, 2.05) is 17.7 Å². The van der Waals surface area contributed by atoms with Crippen LogP contribution in [0.15, 0.2) is 23.0 Å². The van der Waals surface area contributed by atoms with Crippen LogP contribution in [0, 0.1) is 6.92 Å². The Kier molecular flexibility index (Phi) is 3.37. The SMILES string of the molecule is CCCn1nc(C)c(N)c1NCc1ccoc1. The molecule has 92 valence electrons. The van der Waals surface area contributed by atoms with Gasteiger partial charge in [0.2, 0.25) is 0 Å². The first-order chi connectivity index (χ1) is 8.22. The number of aryl methyl sites for hydroxylation is 2. The summed E-state index contributed by atoms with van der Waals surface area (Å²) in [6, 6.07) is 1.93. The van der Waals surface area contributed by atoms with Crippen LogP contribution in [0.2, 0.25) is 0 Å². The van der Waals surface area contributed by atoms with Gasteiger partial charge >= 0.3 is 0 Å². The zero-order valence-corrected chi connectivity index (χ0v) is 10.2. The van der Waals surface area contributed by atoms with E-state index in [2.05, 4.69) is 17.3 Å². The molecule has 0 aliphatic carbocycles. The van der Waals surface area contributed by atoms with Gasteiger partial charge in [-0.1, -0.05) is 6.92 Å². The molecule has 0 aliphatic heterocycles. The molecule has 2 aromatic heterocycles. The van der Waals surface area contributed by atoms with Crippen LogP contribution in [0.5, 0.6) is 0 Å². The van der Waals surface area contributed by atoms with Crippen LogP contribution in [-0.4, -0.2) is 9.78 Å². The number of furan rings is 1. The molecule has 5 heteroatoms. The van der Waals surface area contributed by atoms with Crippen molar-refractivity contribution in [3.8, 4) is 0 Å². The number of aromatic nitrogens is 2. The van der Waals surface area contributed by atoms with E-state index in [0.29, 0.717) is 6.54 Å². The van der Waals surface area contributed by atoms with E-state index < -0.39 is 0 Å². The van der Waals surface area contributed by atoms with Crippen molar-refractivity contribution in [1.29, 1.82) is 0 Å². The van der Waals surface area contributed by atoms with Gasteiger partial charge in [-0.25, -0.2) is 4.68 Å². The van der Waals surface area contributed by atoms with Crippen molar-refractivity contribution in [2.24, 2.45) is 0 Å². The van der Waals surface area contributed by atoms with Gasteiger partial charge in [0.05, 0.1) is 23.9 Å². The molecular formula is C12H18N4O. The Morgan fingerprint density at radius 3 is 3.00 bits per heavy atom. The van der Waals surface area contributed by atoms with Gasteiger partial charge in [0.15, 0.2) is 0 Å². The van der Waals surface area contributed by atoms with E-state index in [0.717, 1.165) is 35.7 Å². The highest BCUT2D eigenvalue weighted by molar-refractivity contribution is 5.64. The van der Waals surface area contributed by atoms with Crippen molar-refractivity contribution in [2.45, 2.75) is 33.4 Å². The second kappa shape index (κ2) is 4.95. The summed E-state index contributed by atoms with van der Waals surface area (Å²) < 4.78 is 6.94. The molecule has 0 aromatic carbocycles. The molecule has 0 atom stereocenters. The lowest BCUT2D eigenvalue weighted by Crippen LogP contribution is -2.08. The Morgan fingerprint density at radius 2 is 2.35 bits per heavy atom. The molecule has 2 heterocycles. The summed E-state index contributed by atoms with van der Waals surface area (Å²) in [7, 11) is 0. The fraction of sp³-hybridized carbons (Fsp3) is 0.417. The Balaban J connectivity index is 2.13. The summed E-state index contributed by atoms with van der Waals surface area (Å²) in [5.74, 6) is 0.894.